The maximum Gasteiger partial charge on any atom is 0.242 e. The first-order valence-corrected chi connectivity index (χ1v) is 5.91. The number of nitrogens with two attached hydrogens (primary N) is 1. The fraction of sp³-hybridized carbons (Fsp3) is 0.917. The van der Waals surface area contributed by atoms with Crippen LogP contribution >= 0.6 is 0 Å². The third kappa shape index (κ3) is 5.48. The number of amides is 1. The molecule has 5 nitrogen and oxygen atoms in total. The van der Waals surface area contributed by atoms with Crippen molar-refractivity contribution in [1.29, 1.82) is 0 Å². The molecule has 0 radical (unpaired) electrons. The van der Waals surface area contributed by atoms with Crippen molar-refractivity contribution in [2.45, 2.75) is 58.4 Å². The molecule has 0 rings (SSSR count). The molecule has 0 heterocycles. The molecule has 0 aliphatic rings. The van der Waals surface area contributed by atoms with Crippen LogP contribution < -0.4 is 5.73 Å². The molecular formula is C12H26N2O3. The average molecular weight is 246 g/mol. The molecule has 0 aromatic heterocycles. The molecule has 3 N–H and O–H groups in total. The van der Waals surface area contributed by atoms with Crippen LogP contribution in [0.2, 0.25) is 0 Å². The first-order valence-electron chi connectivity index (χ1n) is 5.91. The number of aliphatic hydroxyl groups excluding tert-OH is 1. The molecular weight excluding hydrogens is 220 g/mol. The van der Waals surface area contributed by atoms with Crippen molar-refractivity contribution in [3.8, 4) is 0 Å². The lowest BCUT2D eigenvalue weighted by Crippen LogP contribution is -2.53. The number of hydrogen-bond donors (Lipinski definition) is 2. The summed E-state index contributed by atoms with van der Waals surface area (Å²) in [6.45, 7) is 9.22. The van der Waals surface area contributed by atoms with E-state index in [1.54, 1.807) is 20.9 Å². The highest BCUT2D eigenvalue weighted by atomic mass is 16.5. The van der Waals surface area contributed by atoms with Crippen LogP contribution in [0.3, 0.4) is 0 Å². The maximum atomic E-state index is 12.0. The number of nitrogens with zero attached hydrogens (tertiary/aromatic N) is 1. The highest BCUT2D eigenvalue weighted by molar-refractivity contribution is 5.82. The number of aliphatic hydroxyl groups is 1. The van der Waals surface area contributed by atoms with Gasteiger partial charge in [-0.05, 0) is 34.6 Å². The van der Waals surface area contributed by atoms with Gasteiger partial charge < -0.3 is 20.5 Å². The summed E-state index contributed by atoms with van der Waals surface area (Å²) in [4.78, 5) is 13.4. The predicted octanol–water partition coefficient (Wildman–Crippen LogP) is 0.357. The Labute approximate surface area is 104 Å². The van der Waals surface area contributed by atoms with Crippen LogP contribution in [0.25, 0.3) is 0 Å². The maximum absolute atomic E-state index is 12.0. The monoisotopic (exact) mass is 246 g/mol. The van der Waals surface area contributed by atoms with E-state index in [2.05, 4.69) is 0 Å². The molecule has 0 saturated carbocycles. The Balaban J connectivity index is 4.49. The summed E-state index contributed by atoms with van der Waals surface area (Å²) < 4.78 is 5.65. The topological polar surface area (TPSA) is 75.8 Å². The van der Waals surface area contributed by atoms with Gasteiger partial charge in [0.2, 0.25) is 5.91 Å². The molecule has 1 unspecified atom stereocenters. The van der Waals surface area contributed by atoms with E-state index in [4.69, 9.17) is 15.6 Å². The van der Waals surface area contributed by atoms with Crippen LogP contribution in [0, 0.1) is 0 Å². The Bertz CT molecular complexity index is 251. The molecule has 5 heteroatoms. The predicted molar refractivity (Wildman–Crippen MR) is 67.6 cm³/mol. The zero-order valence-corrected chi connectivity index (χ0v) is 11.7. The van der Waals surface area contributed by atoms with Crippen molar-refractivity contribution in [1.82, 2.24) is 4.90 Å². The van der Waals surface area contributed by atoms with Gasteiger partial charge in [0.1, 0.15) is 6.04 Å². The molecule has 0 aliphatic heterocycles. The van der Waals surface area contributed by atoms with Crippen molar-refractivity contribution in [3.63, 3.8) is 0 Å². The molecule has 0 fully saturated rings. The molecule has 0 bridgehead atoms. The number of ether oxygens (including phenoxy) is 1. The number of hydrogen-bond acceptors (Lipinski definition) is 4. The van der Waals surface area contributed by atoms with Gasteiger partial charge in [-0.25, -0.2) is 0 Å². The standard InChI is InChI=1S/C12H26N2O3/c1-8(7-15)14(6)11(16)10(13)9(2)17-12(3,4)5/h8-10,15H,7,13H2,1-6H3/t8?,9-,10+/m1/s1. The Morgan fingerprint density at radius 2 is 1.88 bits per heavy atom. The third-order valence-corrected chi connectivity index (χ3v) is 2.60. The van der Waals surface area contributed by atoms with E-state index < -0.39 is 6.04 Å². The first-order chi connectivity index (χ1) is 7.60. The van der Waals surface area contributed by atoms with Crippen LogP contribution in [-0.2, 0) is 9.53 Å². The second kappa shape index (κ2) is 6.33. The Morgan fingerprint density at radius 3 is 2.24 bits per heavy atom. The molecule has 1 amide bonds. The Hall–Kier alpha value is -0.650. The number of carbonyl (C=O) groups is 1. The number of rotatable bonds is 5. The van der Waals surface area contributed by atoms with Crippen molar-refractivity contribution in [2.75, 3.05) is 13.7 Å². The normalized spacial score (nSPS) is 17.4. The van der Waals surface area contributed by atoms with E-state index in [0.29, 0.717) is 0 Å². The second-order valence-electron chi connectivity index (χ2n) is 5.44. The van der Waals surface area contributed by atoms with Gasteiger partial charge in [-0.1, -0.05) is 0 Å². The van der Waals surface area contributed by atoms with E-state index in [1.165, 1.54) is 4.90 Å². The number of likely N-dealkylation sites (N-methyl/N-ethyl adjacent to an activating group) is 1. The van der Waals surface area contributed by atoms with Gasteiger partial charge in [0.25, 0.3) is 0 Å². The van der Waals surface area contributed by atoms with E-state index in [0.717, 1.165) is 0 Å². The van der Waals surface area contributed by atoms with Crippen LogP contribution in [0.1, 0.15) is 34.6 Å². The van der Waals surface area contributed by atoms with Gasteiger partial charge in [-0.3, -0.25) is 4.79 Å². The lowest BCUT2D eigenvalue weighted by Gasteiger charge is -2.32. The highest BCUT2D eigenvalue weighted by Gasteiger charge is 2.29. The molecule has 3 atom stereocenters. The number of carbonyl (C=O) groups excluding carboxylic acids is 1. The third-order valence-electron chi connectivity index (χ3n) is 2.60. The molecule has 0 aliphatic carbocycles. The van der Waals surface area contributed by atoms with Crippen molar-refractivity contribution >= 4 is 5.91 Å². The molecule has 17 heavy (non-hydrogen) atoms. The Kier molecular flexibility index (Phi) is 6.09. The van der Waals surface area contributed by atoms with Crippen molar-refractivity contribution in [3.05, 3.63) is 0 Å². The van der Waals surface area contributed by atoms with Crippen LogP contribution in [-0.4, -0.2) is 53.4 Å². The average Bonchev–Trinajstić information content (AvgIpc) is 2.22. The van der Waals surface area contributed by atoms with Crippen molar-refractivity contribution < 1.29 is 14.6 Å². The quantitative estimate of drug-likeness (QED) is 0.734. The highest BCUT2D eigenvalue weighted by Crippen LogP contribution is 2.13. The summed E-state index contributed by atoms with van der Waals surface area (Å²) in [6.07, 6.45) is -0.365. The summed E-state index contributed by atoms with van der Waals surface area (Å²) in [6, 6.07) is -0.955. The summed E-state index contributed by atoms with van der Waals surface area (Å²) >= 11 is 0. The van der Waals surface area contributed by atoms with Gasteiger partial charge in [0.15, 0.2) is 0 Å². The van der Waals surface area contributed by atoms with E-state index in [9.17, 15) is 4.79 Å². The minimum Gasteiger partial charge on any atom is -0.394 e. The summed E-state index contributed by atoms with van der Waals surface area (Å²) in [5, 5.41) is 8.99. The minimum atomic E-state index is -0.715. The lowest BCUT2D eigenvalue weighted by atomic mass is 10.1. The molecule has 0 aromatic rings. The first kappa shape index (κ1) is 16.4. The zero-order chi connectivity index (χ0) is 13.8. The van der Waals surface area contributed by atoms with Gasteiger partial charge in [0.05, 0.1) is 24.4 Å². The van der Waals surface area contributed by atoms with Crippen LogP contribution in [0.15, 0.2) is 0 Å². The van der Waals surface area contributed by atoms with Crippen LogP contribution in [0.4, 0.5) is 0 Å². The fourth-order valence-electron chi connectivity index (χ4n) is 1.41. The largest absolute Gasteiger partial charge is 0.394 e. The summed E-state index contributed by atoms with van der Waals surface area (Å²) in [7, 11) is 1.63. The van der Waals surface area contributed by atoms with E-state index >= 15 is 0 Å². The van der Waals surface area contributed by atoms with Crippen molar-refractivity contribution in [2.24, 2.45) is 5.73 Å². The fourth-order valence-corrected chi connectivity index (χ4v) is 1.41. The minimum absolute atomic E-state index is 0.0799. The zero-order valence-electron chi connectivity index (χ0n) is 11.7. The Morgan fingerprint density at radius 1 is 1.41 bits per heavy atom. The molecule has 102 valence electrons. The summed E-state index contributed by atoms with van der Waals surface area (Å²) in [5.74, 6) is -0.219. The molecule has 0 aromatic carbocycles. The van der Waals surface area contributed by atoms with Gasteiger partial charge in [0, 0.05) is 7.05 Å². The smallest absolute Gasteiger partial charge is 0.242 e. The molecule has 0 spiro atoms. The summed E-state index contributed by atoms with van der Waals surface area (Å²) in [5.41, 5.74) is 5.53. The van der Waals surface area contributed by atoms with Gasteiger partial charge in [-0.15, -0.1) is 0 Å². The van der Waals surface area contributed by atoms with E-state index in [-0.39, 0.29) is 30.3 Å². The lowest BCUT2D eigenvalue weighted by molar-refractivity contribution is -0.140. The second-order valence-corrected chi connectivity index (χ2v) is 5.44. The SMILES string of the molecule is CC(CO)N(C)C(=O)[C@@H](N)[C@@H](C)OC(C)(C)C. The van der Waals surface area contributed by atoms with Gasteiger partial charge >= 0.3 is 0 Å². The van der Waals surface area contributed by atoms with Crippen LogP contribution in [0.5, 0.6) is 0 Å². The van der Waals surface area contributed by atoms with Gasteiger partial charge in [-0.2, -0.15) is 0 Å². The molecule has 0 saturated heterocycles. The van der Waals surface area contributed by atoms with E-state index in [1.807, 2.05) is 20.8 Å².